The minimum absolute atomic E-state index is 0.158. The highest BCUT2D eigenvalue weighted by atomic mass is 16.5. The molecule has 6 heteroatoms. The third-order valence-corrected chi connectivity index (χ3v) is 1.88. The molecule has 0 bridgehead atoms. The number of ether oxygens (including phenoxy) is 2. The van der Waals surface area contributed by atoms with Gasteiger partial charge in [0.15, 0.2) is 0 Å². The van der Waals surface area contributed by atoms with Crippen LogP contribution in [0.5, 0.6) is 0 Å². The van der Waals surface area contributed by atoms with Gasteiger partial charge in [0.2, 0.25) is 0 Å². The lowest BCUT2D eigenvalue weighted by Gasteiger charge is -2.05. The molecular weight excluding hydrogens is 210 g/mol. The maximum atomic E-state index is 10.9. The lowest BCUT2D eigenvalue weighted by Crippen LogP contribution is -2.12. The first-order valence-electron chi connectivity index (χ1n) is 5.18. The van der Waals surface area contributed by atoms with E-state index in [1.54, 1.807) is 7.11 Å². The highest BCUT2D eigenvalue weighted by Crippen LogP contribution is 1.94. The molecule has 0 atom stereocenters. The Hall–Kier alpha value is -1.40. The Morgan fingerprint density at radius 2 is 2.31 bits per heavy atom. The zero-order chi connectivity index (χ0) is 11.6. The largest absolute Gasteiger partial charge is 0.382 e. The smallest absolute Gasteiger partial charge is 0.252 e. The molecule has 0 aliphatic rings. The third-order valence-electron chi connectivity index (χ3n) is 1.88. The van der Waals surface area contributed by atoms with Crippen molar-refractivity contribution >= 4 is 5.82 Å². The van der Waals surface area contributed by atoms with Crippen LogP contribution in [0.15, 0.2) is 17.2 Å². The molecule has 0 spiro atoms. The lowest BCUT2D eigenvalue weighted by atomic mass is 10.4. The van der Waals surface area contributed by atoms with E-state index in [1.807, 2.05) is 0 Å². The maximum Gasteiger partial charge on any atom is 0.252 e. The summed E-state index contributed by atoms with van der Waals surface area (Å²) in [6.07, 6.45) is 2.23. The number of hydrogen-bond acceptors (Lipinski definition) is 5. The van der Waals surface area contributed by atoms with Crippen molar-refractivity contribution in [3.05, 3.63) is 22.7 Å². The molecule has 6 nitrogen and oxygen atoms in total. The molecule has 2 N–H and O–H groups in total. The summed E-state index contributed by atoms with van der Waals surface area (Å²) in [6, 6.07) is 1.42. The topological polar surface area (TPSA) is 76.2 Å². The van der Waals surface area contributed by atoms with Crippen molar-refractivity contribution in [3.8, 4) is 0 Å². The zero-order valence-corrected chi connectivity index (χ0v) is 9.36. The summed E-state index contributed by atoms with van der Waals surface area (Å²) in [7, 11) is 1.64. The molecule has 0 aromatic carbocycles. The van der Waals surface area contributed by atoms with Gasteiger partial charge in [0.05, 0.1) is 19.5 Å². The van der Waals surface area contributed by atoms with E-state index in [1.165, 1.54) is 12.4 Å². The summed E-state index contributed by atoms with van der Waals surface area (Å²) >= 11 is 0. The lowest BCUT2D eigenvalue weighted by molar-refractivity contribution is 0.0705. The average Bonchev–Trinajstić information content (AvgIpc) is 2.28. The standard InChI is InChI=1S/C10H17N3O3/c1-15-5-6-16-4-2-3-11-9-7-10(14)13-8-12-9/h7-8H,2-6H2,1H3,(H2,11,12,13,14). The maximum absolute atomic E-state index is 10.9. The Morgan fingerprint density at radius 1 is 1.44 bits per heavy atom. The van der Waals surface area contributed by atoms with Gasteiger partial charge in [-0.15, -0.1) is 0 Å². The fraction of sp³-hybridized carbons (Fsp3) is 0.600. The molecule has 0 aliphatic carbocycles. The van der Waals surface area contributed by atoms with Crippen LogP contribution in [0.4, 0.5) is 5.82 Å². The van der Waals surface area contributed by atoms with Crippen LogP contribution in [0.1, 0.15) is 6.42 Å². The van der Waals surface area contributed by atoms with Gasteiger partial charge in [-0.3, -0.25) is 4.79 Å². The van der Waals surface area contributed by atoms with Gasteiger partial charge in [-0.2, -0.15) is 0 Å². The van der Waals surface area contributed by atoms with Crippen molar-refractivity contribution in [2.75, 3.05) is 38.8 Å². The number of hydrogen-bond donors (Lipinski definition) is 2. The van der Waals surface area contributed by atoms with Crippen molar-refractivity contribution in [2.24, 2.45) is 0 Å². The first-order valence-corrected chi connectivity index (χ1v) is 5.18. The molecule has 1 aromatic heterocycles. The third kappa shape index (κ3) is 5.47. The number of aromatic nitrogens is 2. The molecule has 90 valence electrons. The first-order chi connectivity index (χ1) is 7.83. The number of rotatable bonds is 8. The molecule has 1 heterocycles. The van der Waals surface area contributed by atoms with E-state index in [-0.39, 0.29) is 5.56 Å². The highest BCUT2D eigenvalue weighted by molar-refractivity contribution is 5.31. The molecular formula is C10H17N3O3. The monoisotopic (exact) mass is 227 g/mol. The second-order valence-corrected chi connectivity index (χ2v) is 3.18. The van der Waals surface area contributed by atoms with Gasteiger partial charge >= 0.3 is 0 Å². The summed E-state index contributed by atoms with van der Waals surface area (Å²) in [5.74, 6) is 0.584. The summed E-state index contributed by atoms with van der Waals surface area (Å²) in [4.78, 5) is 17.3. The Kier molecular flexibility index (Phi) is 6.20. The summed E-state index contributed by atoms with van der Waals surface area (Å²) < 4.78 is 10.1. The molecule has 1 aromatic rings. The van der Waals surface area contributed by atoms with Crippen molar-refractivity contribution in [1.29, 1.82) is 0 Å². The molecule has 0 amide bonds. The molecule has 0 radical (unpaired) electrons. The second kappa shape index (κ2) is 7.84. The van der Waals surface area contributed by atoms with Crippen molar-refractivity contribution in [3.63, 3.8) is 0 Å². The van der Waals surface area contributed by atoms with Crippen LogP contribution < -0.4 is 10.9 Å². The van der Waals surface area contributed by atoms with E-state index < -0.39 is 0 Å². The zero-order valence-electron chi connectivity index (χ0n) is 9.36. The van der Waals surface area contributed by atoms with Crippen LogP contribution in [0.2, 0.25) is 0 Å². The predicted octanol–water partition coefficient (Wildman–Crippen LogP) is 0.235. The van der Waals surface area contributed by atoms with Crippen LogP contribution in [0, 0.1) is 0 Å². The van der Waals surface area contributed by atoms with E-state index >= 15 is 0 Å². The summed E-state index contributed by atoms with van der Waals surface area (Å²) in [6.45, 7) is 2.62. The van der Waals surface area contributed by atoms with Crippen molar-refractivity contribution in [1.82, 2.24) is 9.97 Å². The van der Waals surface area contributed by atoms with Crippen LogP contribution in [0.3, 0.4) is 0 Å². The van der Waals surface area contributed by atoms with Gasteiger partial charge in [0.1, 0.15) is 5.82 Å². The van der Waals surface area contributed by atoms with E-state index in [4.69, 9.17) is 9.47 Å². The van der Waals surface area contributed by atoms with E-state index in [2.05, 4.69) is 15.3 Å². The van der Waals surface area contributed by atoms with Gasteiger partial charge < -0.3 is 19.8 Å². The van der Waals surface area contributed by atoms with Gasteiger partial charge in [-0.25, -0.2) is 4.98 Å². The number of H-pyrrole nitrogens is 1. The number of nitrogens with one attached hydrogen (secondary N) is 2. The minimum atomic E-state index is -0.158. The van der Waals surface area contributed by atoms with Crippen LogP contribution in [0.25, 0.3) is 0 Å². The van der Waals surface area contributed by atoms with Crippen molar-refractivity contribution in [2.45, 2.75) is 6.42 Å². The number of nitrogens with zero attached hydrogens (tertiary/aromatic N) is 1. The number of methoxy groups -OCH3 is 1. The number of anilines is 1. The SMILES string of the molecule is COCCOCCCNc1cc(=O)[nH]cn1. The van der Waals surface area contributed by atoms with Crippen LogP contribution in [-0.2, 0) is 9.47 Å². The molecule has 16 heavy (non-hydrogen) atoms. The van der Waals surface area contributed by atoms with Gasteiger partial charge in [0.25, 0.3) is 5.56 Å². The molecule has 0 saturated carbocycles. The fourth-order valence-electron chi connectivity index (χ4n) is 1.10. The van der Waals surface area contributed by atoms with E-state index in [0.29, 0.717) is 25.6 Å². The Labute approximate surface area is 94.0 Å². The second-order valence-electron chi connectivity index (χ2n) is 3.18. The van der Waals surface area contributed by atoms with Gasteiger partial charge in [0, 0.05) is 26.3 Å². The van der Waals surface area contributed by atoms with Gasteiger partial charge in [-0.1, -0.05) is 0 Å². The molecule has 0 unspecified atom stereocenters. The van der Waals surface area contributed by atoms with E-state index in [9.17, 15) is 4.79 Å². The Morgan fingerprint density at radius 3 is 3.06 bits per heavy atom. The predicted molar refractivity (Wildman–Crippen MR) is 60.7 cm³/mol. The molecule has 0 saturated heterocycles. The van der Waals surface area contributed by atoms with Crippen LogP contribution >= 0.6 is 0 Å². The van der Waals surface area contributed by atoms with Gasteiger partial charge in [-0.05, 0) is 6.42 Å². The first kappa shape index (κ1) is 12.7. The Bertz CT molecular complexity index is 340. The fourth-order valence-corrected chi connectivity index (χ4v) is 1.10. The van der Waals surface area contributed by atoms with E-state index in [0.717, 1.165) is 13.0 Å². The Balaban J connectivity index is 2.05. The number of aromatic amines is 1. The summed E-state index contributed by atoms with van der Waals surface area (Å²) in [5, 5.41) is 3.03. The van der Waals surface area contributed by atoms with Crippen LogP contribution in [-0.4, -0.2) is 43.4 Å². The quantitative estimate of drug-likeness (QED) is 0.622. The molecule has 0 fully saturated rings. The summed E-state index contributed by atoms with van der Waals surface area (Å²) in [5.41, 5.74) is -0.158. The molecule has 1 rings (SSSR count). The average molecular weight is 227 g/mol. The van der Waals surface area contributed by atoms with Crippen molar-refractivity contribution < 1.29 is 9.47 Å². The molecule has 0 aliphatic heterocycles. The highest BCUT2D eigenvalue weighted by Gasteiger charge is 1.94. The normalized spacial score (nSPS) is 10.3. The minimum Gasteiger partial charge on any atom is -0.382 e.